The minimum Gasteiger partial charge on any atom is -0.316 e. The molecule has 1 N–H and O–H groups in total. The van der Waals surface area contributed by atoms with Gasteiger partial charge < -0.3 is 5.32 Å². The molecule has 3 nitrogen and oxygen atoms in total. The fourth-order valence-corrected chi connectivity index (χ4v) is 2.66. The molecule has 0 atom stereocenters. The predicted octanol–water partition coefficient (Wildman–Crippen LogP) is 2.36. The van der Waals surface area contributed by atoms with Crippen molar-refractivity contribution in [2.45, 2.75) is 13.5 Å². The molecule has 0 amide bonds. The third kappa shape index (κ3) is 1.79. The molecule has 0 unspecified atom stereocenters. The van der Waals surface area contributed by atoms with Crippen LogP contribution in [0.2, 0.25) is 0 Å². The Labute approximate surface area is 97.6 Å². The Morgan fingerprint density at radius 2 is 2.20 bits per heavy atom. The summed E-state index contributed by atoms with van der Waals surface area (Å²) in [6, 6.07) is 4.33. The minimum absolute atomic E-state index is 0.878. The molecule has 2 rings (SSSR count). The number of aromatic nitrogens is 2. The van der Waals surface area contributed by atoms with E-state index in [9.17, 15) is 0 Å². The highest BCUT2D eigenvalue weighted by Crippen LogP contribution is 2.27. The molecule has 0 saturated carbocycles. The summed E-state index contributed by atoms with van der Waals surface area (Å²) >= 11 is 3.59. The van der Waals surface area contributed by atoms with Crippen molar-refractivity contribution in [3.63, 3.8) is 0 Å². The number of benzene rings is 1. The van der Waals surface area contributed by atoms with Crippen LogP contribution in [0.15, 0.2) is 16.6 Å². The fourth-order valence-electron chi connectivity index (χ4n) is 1.89. The van der Waals surface area contributed by atoms with E-state index in [1.807, 2.05) is 25.7 Å². The van der Waals surface area contributed by atoms with Gasteiger partial charge >= 0.3 is 0 Å². The molecule has 0 fully saturated rings. The summed E-state index contributed by atoms with van der Waals surface area (Å²) < 4.78 is 3.02. The minimum atomic E-state index is 0.878. The summed E-state index contributed by atoms with van der Waals surface area (Å²) in [5, 5.41) is 8.79. The molecule has 0 radical (unpaired) electrons. The topological polar surface area (TPSA) is 29.9 Å². The third-order valence-electron chi connectivity index (χ3n) is 2.52. The molecule has 2 aromatic rings. The van der Waals surface area contributed by atoms with Crippen LogP contribution in [0.5, 0.6) is 0 Å². The van der Waals surface area contributed by atoms with Gasteiger partial charge in [0.25, 0.3) is 0 Å². The van der Waals surface area contributed by atoms with Crippen LogP contribution in [0.3, 0.4) is 0 Å². The number of aryl methyl sites for hydroxylation is 2. The lowest BCUT2D eigenvalue weighted by Gasteiger charge is -2.03. The zero-order valence-electron chi connectivity index (χ0n) is 9.13. The van der Waals surface area contributed by atoms with Gasteiger partial charge in [-0.15, -0.1) is 0 Å². The Morgan fingerprint density at radius 3 is 2.87 bits per heavy atom. The lowest BCUT2D eigenvalue weighted by molar-refractivity contribution is 0.781. The zero-order valence-corrected chi connectivity index (χ0v) is 10.7. The quantitative estimate of drug-likeness (QED) is 0.906. The van der Waals surface area contributed by atoms with Gasteiger partial charge in [-0.25, -0.2) is 0 Å². The smallest absolute Gasteiger partial charge is 0.0824 e. The Hall–Kier alpha value is -0.870. The Morgan fingerprint density at radius 1 is 1.47 bits per heavy atom. The van der Waals surface area contributed by atoms with E-state index in [0.29, 0.717) is 0 Å². The van der Waals surface area contributed by atoms with Crippen molar-refractivity contribution in [2.75, 3.05) is 7.05 Å². The average Bonchev–Trinajstić information content (AvgIpc) is 2.43. The van der Waals surface area contributed by atoms with Gasteiger partial charge in [-0.05, 0) is 47.6 Å². The summed E-state index contributed by atoms with van der Waals surface area (Å²) in [5.74, 6) is 0. The standard InChI is InChI=1S/C11H14BrN3/c1-7-9-4-8(6-13-2)5-10(12)11(9)15(3)14-7/h4-5,13H,6H2,1-3H3. The van der Waals surface area contributed by atoms with Gasteiger partial charge in [0.2, 0.25) is 0 Å². The summed E-state index contributed by atoms with van der Waals surface area (Å²) in [6.45, 7) is 2.92. The second-order valence-corrected chi connectivity index (χ2v) is 4.57. The van der Waals surface area contributed by atoms with Crippen molar-refractivity contribution in [1.82, 2.24) is 15.1 Å². The molecule has 0 aliphatic carbocycles. The van der Waals surface area contributed by atoms with E-state index in [4.69, 9.17) is 0 Å². The summed E-state index contributed by atoms with van der Waals surface area (Å²) in [6.07, 6.45) is 0. The van der Waals surface area contributed by atoms with E-state index < -0.39 is 0 Å². The highest BCUT2D eigenvalue weighted by molar-refractivity contribution is 9.10. The molecule has 0 aliphatic rings. The number of hydrogen-bond acceptors (Lipinski definition) is 2. The van der Waals surface area contributed by atoms with Gasteiger partial charge in [-0.3, -0.25) is 4.68 Å². The molecule has 1 aromatic heterocycles. The van der Waals surface area contributed by atoms with E-state index in [2.05, 4.69) is 38.5 Å². The van der Waals surface area contributed by atoms with Crippen molar-refractivity contribution in [3.05, 3.63) is 27.9 Å². The lowest BCUT2D eigenvalue weighted by Crippen LogP contribution is -2.04. The normalized spacial score (nSPS) is 11.2. The molecule has 80 valence electrons. The van der Waals surface area contributed by atoms with Crippen molar-refractivity contribution < 1.29 is 0 Å². The van der Waals surface area contributed by atoms with Gasteiger partial charge in [-0.1, -0.05) is 0 Å². The Bertz CT molecular complexity index is 502. The van der Waals surface area contributed by atoms with E-state index in [1.165, 1.54) is 10.9 Å². The van der Waals surface area contributed by atoms with Gasteiger partial charge in [0.15, 0.2) is 0 Å². The SMILES string of the molecule is CNCc1cc(Br)c2c(c1)c(C)nn2C. The van der Waals surface area contributed by atoms with Gasteiger partial charge in [0.05, 0.1) is 11.2 Å². The summed E-state index contributed by atoms with van der Waals surface area (Å²) in [7, 11) is 3.92. The number of rotatable bonds is 2. The molecule has 4 heteroatoms. The van der Waals surface area contributed by atoms with Crippen molar-refractivity contribution in [2.24, 2.45) is 7.05 Å². The first-order valence-electron chi connectivity index (χ1n) is 4.90. The maximum absolute atomic E-state index is 4.42. The van der Waals surface area contributed by atoms with Gasteiger partial charge in [0.1, 0.15) is 0 Å². The molecular weight excluding hydrogens is 254 g/mol. The highest BCUT2D eigenvalue weighted by atomic mass is 79.9. The Balaban J connectivity index is 2.70. The first kappa shape index (κ1) is 10.6. The lowest BCUT2D eigenvalue weighted by atomic mass is 10.1. The van der Waals surface area contributed by atoms with Crippen LogP contribution < -0.4 is 5.32 Å². The number of nitrogens with zero attached hydrogens (tertiary/aromatic N) is 2. The van der Waals surface area contributed by atoms with Gasteiger partial charge in [0, 0.05) is 23.5 Å². The number of halogens is 1. The highest BCUT2D eigenvalue weighted by Gasteiger charge is 2.09. The van der Waals surface area contributed by atoms with Crippen LogP contribution in [-0.2, 0) is 13.6 Å². The van der Waals surface area contributed by atoms with Crippen LogP contribution in [-0.4, -0.2) is 16.8 Å². The molecule has 0 aliphatic heterocycles. The van der Waals surface area contributed by atoms with Gasteiger partial charge in [-0.2, -0.15) is 5.10 Å². The second-order valence-electron chi connectivity index (χ2n) is 3.71. The summed E-state index contributed by atoms with van der Waals surface area (Å²) in [4.78, 5) is 0. The molecule has 0 spiro atoms. The Kier molecular flexibility index (Phi) is 2.80. The van der Waals surface area contributed by atoms with E-state index in [0.717, 1.165) is 22.2 Å². The van der Waals surface area contributed by atoms with Crippen molar-refractivity contribution in [3.8, 4) is 0 Å². The number of hydrogen-bond donors (Lipinski definition) is 1. The molecule has 0 saturated heterocycles. The summed E-state index contributed by atoms with van der Waals surface area (Å²) in [5.41, 5.74) is 3.51. The van der Waals surface area contributed by atoms with Crippen LogP contribution in [0.25, 0.3) is 10.9 Å². The van der Waals surface area contributed by atoms with Crippen LogP contribution in [0.1, 0.15) is 11.3 Å². The maximum atomic E-state index is 4.42. The van der Waals surface area contributed by atoms with E-state index >= 15 is 0 Å². The molecule has 15 heavy (non-hydrogen) atoms. The fraction of sp³-hybridized carbons (Fsp3) is 0.364. The number of nitrogens with one attached hydrogen (secondary N) is 1. The van der Waals surface area contributed by atoms with Crippen LogP contribution >= 0.6 is 15.9 Å². The maximum Gasteiger partial charge on any atom is 0.0824 e. The largest absolute Gasteiger partial charge is 0.316 e. The molecule has 1 aromatic carbocycles. The number of fused-ring (bicyclic) bond motifs is 1. The molecule has 0 bridgehead atoms. The van der Waals surface area contributed by atoms with E-state index in [-0.39, 0.29) is 0 Å². The van der Waals surface area contributed by atoms with Crippen molar-refractivity contribution >= 4 is 26.8 Å². The molecular formula is C11H14BrN3. The average molecular weight is 268 g/mol. The van der Waals surface area contributed by atoms with E-state index in [1.54, 1.807) is 0 Å². The second kappa shape index (κ2) is 3.94. The first-order valence-corrected chi connectivity index (χ1v) is 5.69. The zero-order chi connectivity index (χ0) is 11.0. The van der Waals surface area contributed by atoms with Crippen LogP contribution in [0.4, 0.5) is 0 Å². The molecule has 1 heterocycles. The monoisotopic (exact) mass is 267 g/mol. The van der Waals surface area contributed by atoms with Crippen LogP contribution in [0, 0.1) is 6.92 Å². The predicted molar refractivity (Wildman–Crippen MR) is 65.9 cm³/mol. The third-order valence-corrected chi connectivity index (χ3v) is 3.12. The first-order chi connectivity index (χ1) is 7.13. The van der Waals surface area contributed by atoms with Crippen molar-refractivity contribution in [1.29, 1.82) is 0 Å².